The largest absolute Gasteiger partial charge is 0.376 e. The van der Waals surface area contributed by atoms with E-state index in [-0.39, 0.29) is 17.9 Å². The van der Waals surface area contributed by atoms with Crippen LogP contribution < -0.4 is 5.73 Å². The second-order valence-electron chi connectivity index (χ2n) is 5.74. The van der Waals surface area contributed by atoms with E-state index in [0.29, 0.717) is 12.5 Å². The normalized spacial score (nSPS) is 32.4. The van der Waals surface area contributed by atoms with E-state index >= 15 is 0 Å². The number of carbonyl (C=O) groups is 1. The highest BCUT2D eigenvalue weighted by molar-refractivity contribution is 5.79. The Kier molecular flexibility index (Phi) is 5.01. The number of hydrogen-bond acceptors (Lipinski definition) is 3. The molecule has 1 amide bonds. The van der Waals surface area contributed by atoms with E-state index in [4.69, 9.17) is 10.5 Å². The van der Waals surface area contributed by atoms with Crippen LogP contribution in [0.1, 0.15) is 38.5 Å². The Bertz CT molecular complexity index is 277. The molecule has 0 aromatic rings. The first-order valence-corrected chi connectivity index (χ1v) is 7.29. The van der Waals surface area contributed by atoms with E-state index in [1.165, 1.54) is 6.42 Å². The first-order valence-electron chi connectivity index (χ1n) is 7.29. The highest BCUT2D eigenvalue weighted by Gasteiger charge is 2.34. The Morgan fingerprint density at radius 1 is 1.28 bits per heavy atom. The smallest absolute Gasteiger partial charge is 0.225 e. The number of nitrogens with two attached hydrogens (primary N) is 1. The molecule has 1 saturated heterocycles. The van der Waals surface area contributed by atoms with Gasteiger partial charge in [-0.1, -0.05) is 6.42 Å². The zero-order valence-corrected chi connectivity index (χ0v) is 11.4. The van der Waals surface area contributed by atoms with Crippen LogP contribution in [0.4, 0.5) is 0 Å². The highest BCUT2D eigenvalue weighted by atomic mass is 16.5. The van der Waals surface area contributed by atoms with E-state index in [0.717, 1.165) is 45.3 Å². The van der Waals surface area contributed by atoms with Gasteiger partial charge < -0.3 is 15.4 Å². The maximum atomic E-state index is 12.4. The molecule has 3 atom stereocenters. The Labute approximate surface area is 110 Å². The van der Waals surface area contributed by atoms with Gasteiger partial charge in [0.05, 0.1) is 6.10 Å². The van der Waals surface area contributed by atoms with Crippen molar-refractivity contribution in [3.05, 3.63) is 0 Å². The second kappa shape index (κ2) is 6.53. The van der Waals surface area contributed by atoms with Crippen molar-refractivity contribution >= 4 is 5.91 Å². The van der Waals surface area contributed by atoms with Crippen molar-refractivity contribution in [1.29, 1.82) is 0 Å². The van der Waals surface area contributed by atoms with Gasteiger partial charge in [-0.05, 0) is 44.6 Å². The molecule has 104 valence electrons. The lowest BCUT2D eigenvalue weighted by Gasteiger charge is -2.30. The number of nitrogens with zero attached hydrogens (tertiary/aromatic N) is 1. The number of hydrogen-bond donors (Lipinski definition) is 1. The first-order chi connectivity index (χ1) is 8.72. The van der Waals surface area contributed by atoms with Gasteiger partial charge in [0.25, 0.3) is 0 Å². The van der Waals surface area contributed by atoms with Crippen LogP contribution in [0.15, 0.2) is 0 Å². The Morgan fingerprint density at radius 3 is 2.78 bits per heavy atom. The molecule has 0 aromatic carbocycles. The van der Waals surface area contributed by atoms with Crippen LogP contribution in [0.2, 0.25) is 0 Å². The van der Waals surface area contributed by atoms with Gasteiger partial charge in [0.1, 0.15) is 0 Å². The molecule has 0 bridgehead atoms. The second-order valence-corrected chi connectivity index (χ2v) is 5.74. The summed E-state index contributed by atoms with van der Waals surface area (Å²) in [5.74, 6) is 0.827. The summed E-state index contributed by atoms with van der Waals surface area (Å²) in [5.41, 5.74) is 5.75. The standard InChI is InChI=1S/C14H26N2O2/c1-16(10-12-6-2-3-8-18-12)14(17)13-7-4-5-11(13)9-15/h11-13H,2-10,15H2,1H3/t11-,12?,13-/m1/s1. The topological polar surface area (TPSA) is 55.6 Å². The summed E-state index contributed by atoms with van der Waals surface area (Å²) < 4.78 is 5.70. The summed E-state index contributed by atoms with van der Waals surface area (Å²) in [6.07, 6.45) is 6.98. The number of ether oxygens (including phenoxy) is 1. The van der Waals surface area contributed by atoms with Gasteiger partial charge in [-0.3, -0.25) is 4.79 Å². The van der Waals surface area contributed by atoms with E-state index < -0.39 is 0 Å². The van der Waals surface area contributed by atoms with E-state index in [2.05, 4.69) is 0 Å². The Hall–Kier alpha value is -0.610. The minimum atomic E-state index is 0.156. The molecule has 2 aliphatic rings. The number of amides is 1. The van der Waals surface area contributed by atoms with Gasteiger partial charge in [0, 0.05) is 26.1 Å². The van der Waals surface area contributed by atoms with Crippen LogP contribution in [0.5, 0.6) is 0 Å². The SMILES string of the molecule is CN(CC1CCCCO1)C(=O)[C@@H]1CCC[C@@H]1CN. The lowest BCUT2D eigenvalue weighted by molar-refractivity contribution is -0.137. The molecule has 4 nitrogen and oxygen atoms in total. The molecule has 0 aromatic heterocycles. The van der Waals surface area contributed by atoms with Gasteiger partial charge in [0.2, 0.25) is 5.91 Å². The fourth-order valence-corrected chi connectivity index (χ4v) is 3.27. The molecule has 1 heterocycles. The molecule has 2 fully saturated rings. The van der Waals surface area contributed by atoms with Crippen LogP contribution in [0.25, 0.3) is 0 Å². The quantitative estimate of drug-likeness (QED) is 0.825. The molecule has 2 rings (SSSR count). The van der Waals surface area contributed by atoms with Crippen molar-refractivity contribution < 1.29 is 9.53 Å². The minimum absolute atomic E-state index is 0.156. The van der Waals surface area contributed by atoms with Crippen LogP contribution >= 0.6 is 0 Å². The molecule has 0 radical (unpaired) electrons. The van der Waals surface area contributed by atoms with Crippen molar-refractivity contribution in [2.24, 2.45) is 17.6 Å². The first kappa shape index (κ1) is 13.8. The average molecular weight is 254 g/mol. The van der Waals surface area contributed by atoms with Crippen molar-refractivity contribution in [3.8, 4) is 0 Å². The van der Waals surface area contributed by atoms with Crippen LogP contribution in [-0.4, -0.2) is 43.7 Å². The zero-order chi connectivity index (χ0) is 13.0. The third-order valence-electron chi connectivity index (χ3n) is 4.41. The third-order valence-corrected chi connectivity index (χ3v) is 4.41. The van der Waals surface area contributed by atoms with Crippen molar-refractivity contribution in [1.82, 2.24) is 4.90 Å². The summed E-state index contributed by atoms with van der Waals surface area (Å²) in [6, 6.07) is 0. The molecule has 0 spiro atoms. The zero-order valence-electron chi connectivity index (χ0n) is 11.4. The van der Waals surface area contributed by atoms with Crippen LogP contribution in [-0.2, 0) is 9.53 Å². The fourth-order valence-electron chi connectivity index (χ4n) is 3.27. The van der Waals surface area contributed by atoms with Crippen molar-refractivity contribution in [2.75, 3.05) is 26.7 Å². The van der Waals surface area contributed by atoms with E-state index in [9.17, 15) is 4.79 Å². The molecule has 1 aliphatic carbocycles. The van der Waals surface area contributed by atoms with E-state index in [1.54, 1.807) is 0 Å². The summed E-state index contributed by atoms with van der Waals surface area (Å²) in [4.78, 5) is 14.3. The molecule has 1 unspecified atom stereocenters. The van der Waals surface area contributed by atoms with Gasteiger partial charge in [-0.25, -0.2) is 0 Å². The lowest BCUT2D eigenvalue weighted by atomic mass is 9.94. The molecular weight excluding hydrogens is 228 g/mol. The van der Waals surface area contributed by atoms with Gasteiger partial charge in [-0.2, -0.15) is 0 Å². The molecule has 1 saturated carbocycles. The lowest BCUT2D eigenvalue weighted by Crippen LogP contribution is -2.41. The molecule has 1 aliphatic heterocycles. The minimum Gasteiger partial charge on any atom is -0.376 e. The average Bonchev–Trinajstić information content (AvgIpc) is 2.87. The summed E-state index contributed by atoms with van der Waals surface area (Å²) >= 11 is 0. The number of rotatable bonds is 4. The summed E-state index contributed by atoms with van der Waals surface area (Å²) in [7, 11) is 1.91. The Morgan fingerprint density at radius 2 is 2.11 bits per heavy atom. The predicted octanol–water partition coefficient (Wildman–Crippen LogP) is 1.39. The monoisotopic (exact) mass is 254 g/mol. The maximum Gasteiger partial charge on any atom is 0.225 e. The van der Waals surface area contributed by atoms with Gasteiger partial charge >= 0.3 is 0 Å². The van der Waals surface area contributed by atoms with E-state index in [1.807, 2.05) is 11.9 Å². The highest BCUT2D eigenvalue weighted by Crippen LogP contribution is 2.32. The molecule has 18 heavy (non-hydrogen) atoms. The van der Waals surface area contributed by atoms with Crippen LogP contribution in [0, 0.1) is 11.8 Å². The number of carbonyl (C=O) groups excluding carboxylic acids is 1. The van der Waals surface area contributed by atoms with Gasteiger partial charge in [0.15, 0.2) is 0 Å². The molecule has 2 N–H and O–H groups in total. The van der Waals surface area contributed by atoms with Crippen LogP contribution in [0.3, 0.4) is 0 Å². The fraction of sp³-hybridized carbons (Fsp3) is 0.929. The summed E-state index contributed by atoms with van der Waals surface area (Å²) in [5, 5.41) is 0. The molecule has 4 heteroatoms. The molecular formula is C14H26N2O2. The number of likely N-dealkylation sites (N-methyl/N-ethyl adjacent to an activating group) is 1. The van der Waals surface area contributed by atoms with Gasteiger partial charge in [-0.15, -0.1) is 0 Å². The summed E-state index contributed by atoms with van der Waals surface area (Å²) in [6.45, 7) is 2.23. The van der Waals surface area contributed by atoms with Crippen molar-refractivity contribution in [3.63, 3.8) is 0 Å². The third kappa shape index (κ3) is 3.23. The Balaban J connectivity index is 1.83. The maximum absolute atomic E-state index is 12.4. The van der Waals surface area contributed by atoms with Crippen molar-refractivity contribution in [2.45, 2.75) is 44.6 Å². The predicted molar refractivity (Wildman–Crippen MR) is 71.1 cm³/mol.